The number of benzene rings is 1. The fraction of sp³-hybridized carbons (Fsp3) is 0.600. The van der Waals surface area contributed by atoms with Crippen LogP contribution < -0.4 is 4.74 Å². The van der Waals surface area contributed by atoms with Gasteiger partial charge in [0.25, 0.3) is 0 Å². The highest BCUT2D eigenvalue weighted by Gasteiger charge is 2.36. The second kappa shape index (κ2) is 7.19. The number of nitrogens with zero attached hydrogens (tertiary/aromatic N) is 1. The van der Waals surface area contributed by atoms with E-state index in [0.717, 1.165) is 5.56 Å². The zero-order chi connectivity index (χ0) is 17.1. The molecule has 6 nitrogen and oxygen atoms in total. The minimum Gasteiger partial charge on any atom is -0.492 e. The number of sulfone groups is 1. The van der Waals surface area contributed by atoms with Gasteiger partial charge in [-0.15, -0.1) is 0 Å². The third kappa shape index (κ3) is 4.92. The van der Waals surface area contributed by atoms with Gasteiger partial charge in [0, 0.05) is 12.6 Å². The van der Waals surface area contributed by atoms with Gasteiger partial charge >= 0.3 is 0 Å². The zero-order valence-corrected chi connectivity index (χ0v) is 15.1. The summed E-state index contributed by atoms with van der Waals surface area (Å²) in [7, 11) is -6.66. The lowest BCUT2D eigenvalue weighted by Gasteiger charge is -2.25. The van der Waals surface area contributed by atoms with Crippen LogP contribution in [-0.4, -0.2) is 57.6 Å². The molecule has 1 atom stereocenters. The van der Waals surface area contributed by atoms with E-state index in [2.05, 4.69) is 0 Å². The maximum absolute atomic E-state index is 12.5. The molecule has 0 bridgehead atoms. The van der Waals surface area contributed by atoms with Crippen molar-refractivity contribution in [3.8, 4) is 5.75 Å². The first-order chi connectivity index (χ1) is 10.7. The van der Waals surface area contributed by atoms with E-state index in [4.69, 9.17) is 4.74 Å². The van der Waals surface area contributed by atoms with Crippen molar-refractivity contribution in [1.82, 2.24) is 4.31 Å². The second-order valence-electron chi connectivity index (χ2n) is 5.74. The van der Waals surface area contributed by atoms with Gasteiger partial charge in [-0.25, -0.2) is 16.8 Å². The number of sulfonamides is 1. The monoisotopic (exact) mass is 361 g/mol. The SMILES string of the molecule is CCN([C@H]1CCS(=O)(=O)C1)S(=O)(=O)CCOc1ccc(C)cc1. The molecule has 0 spiro atoms. The van der Waals surface area contributed by atoms with E-state index >= 15 is 0 Å². The van der Waals surface area contributed by atoms with Crippen molar-refractivity contribution in [3.05, 3.63) is 29.8 Å². The lowest BCUT2D eigenvalue weighted by Crippen LogP contribution is -2.43. The first-order valence-corrected chi connectivity index (χ1v) is 11.1. The van der Waals surface area contributed by atoms with Gasteiger partial charge in [-0.05, 0) is 25.5 Å². The summed E-state index contributed by atoms with van der Waals surface area (Å²) in [6, 6.07) is 6.93. The molecule has 1 aliphatic rings. The maximum atomic E-state index is 12.5. The maximum Gasteiger partial charge on any atom is 0.217 e. The Morgan fingerprint density at radius 1 is 1.26 bits per heavy atom. The standard InChI is InChI=1S/C15H23NO5S2/c1-3-16(14-8-10-22(17,18)12-14)23(19,20)11-9-21-15-6-4-13(2)5-7-15/h4-7,14H,3,8-12H2,1-2H3/t14-/m0/s1. The Morgan fingerprint density at radius 3 is 2.43 bits per heavy atom. The highest BCUT2D eigenvalue weighted by molar-refractivity contribution is 7.92. The van der Waals surface area contributed by atoms with E-state index in [1.807, 2.05) is 19.1 Å². The number of hydrogen-bond donors (Lipinski definition) is 0. The Morgan fingerprint density at radius 2 is 1.91 bits per heavy atom. The Labute approximate surface area is 138 Å². The average Bonchev–Trinajstić information content (AvgIpc) is 2.81. The molecular weight excluding hydrogens is 338 g/mol. The first-order valence-electron chi connectivity index (χ1n) is 7.63. The molecule has 0 aromatic heterocycles. The fourth-order valence-electron chi connectivity index (χ4n) is 2.70. The minimum absolute atomic E-state index is 0.0430. The van der Waals surface area contributed by atoms with Crippen LogP contribution in [0.4, 0.5) is 0 Å². The van der Waals surface area contributed by atoms with Crippen LogP contribution >= 0.6 is 0 Å². The van der Waals surface area contributed by atoms with Crippen LogP contribution in [0.1, 0.15) is 18.9 Å². The minimum atomic E-state index is -3.54. The molecule has 1 heterocycles. The summed E-state index contributed by atoms with van der Waals surface area (Å²) < 4.78 is 54.8. The van der Waals surface area contributed by atoms with Crippen LogP contribution in [0.2, 0.25) is 0 Å². The molecule has 8 heteroatoms. The van der Waals surface area contributed by atoms with Crippen molar-refractivity contribution in [3.63, 3.8) is 0 Å². The van der Waals surface area contributed by atoms with Crippen LogP contribution in [0.3, 0.4) is 0 Å². The van der Waals surface area contributed by atoms with E-state index in [0.29, 0.717) is 12.2 Å². The van der Waals surface area contributed by atoms with Crippen molar-refractivity contribution < 1.29 is 21.6 Å². The molecule has 0 aliphatic carbocycles. The summed E-state index contributed by atoms with van der Waals surface area (Å²) in [5, 5.41) is 0. The molecule has 0 saturated carbocycles. The number of ether oxygens (including phenoxy) is 1. The van der Waals surface area contributed by atoms with Gasteiger partial charge in [0.1, 0.15) is 12.4 Å². The van der Waals surface area contributed by atoms with E-state index in [1.54, 1.807) is 19.1 Å². The molecule has 1 aromatic carbocycles. The van der Waals surface area contributed by atoms with Gasteiger partial charge in [0.15, 0.2) is 9.84 Å². The zero-order valence-electron chi connectivity index (χ0n) is 13.4. The van der Waals surface area contributed by atoms with E-state index in [9.17, 15) is 16.8 Å². The molecule has 0 unspecified atom stereocenters. The number of rotatable bonds is 7. The third-order valence-corrected chi connectivity index (χ3v) is 7.62. The normalized spacial score (nSPS) is 20.7. The summed E-state index contributed by atoms with van der Waals surface area (Å²) in [5.74, 6) is 0.436. The van der Waals surface area contributed by atoms with Crippen LogP contribution in [0.25, 0.3) is 0 Å². The van der Waals surface area contributed by atoms with Gasteiger partial charge in [0.2, 0.25) is 10.0 Å². The summed E-state index contributed by atoms with van der Waals surface area (Å²) >= 11 is 0. The Kier molecular flexibility index (Phi) is 5.70. The molecule has 23 heavy (non-hydrogen) atoms. The van der Waals surface area contributed by atoms with Gasteiger partial charge in [-0.3, -0.25) is 0 Å². The largest absolute Gasteiger partial charge is 0.492 e. The second-order valence-corrected chi connectivity index (χ2v) is 10.0. The van der Waals surface area contributed by atoms with Crippen molar-refractivity contribution in [2.75, 3.05) is 30.4 Å². The van der Waals surface area contributed by atoms with E-state index in [-0.39, 0.29) is 30.4 Å². The molecule has 130 valence electrons. The highest BCUT2D eigenvalue weighted by atomic mass is 32.2. The van der Waals surface area contributed by atoms with Crippen molar-refractivity contribution in [2.45, 2.75) is 26.3 Å². The smallest absolute Gasteiger partial charge is 0.217 e. The first kappa shape index (κ1) is 18.2. The Hall–Kier alpha value is -1.12. The predicted octanol–water partition coefficient (Wildman–Crippen LogP) is 1.21. The molecule has 2 rings (SSSR count). The Bertz CT molecular complexity index is 726. The van der Waals surface area contributed by atoms with Crippen LogP contribution in [0, 0.1) is 6.92 Å². The molecule has 1 aromatic rings. The lowest BCUT2D eigenvalue weighted by atomic mass is 10.2. The number of hydrogen-bond acceptors (Lipinski definition) is 5. The number of aryl methyl sites for hydroxylation is 1. The van der Waals surface area contributed by atoms with Crippen molar-refractivity contribution in [2.24, 2.45) is 0 Å². The van der Waals surface area contributed by atoms with E-state index in [1.165, 1.54) is 4.31 Å². The predicted molar refractivity (Wildman–Crippen MR) is 89.9 cm³/mol. The Balaban J connectivity index is 1.95. The topological polar surface area (TPSA) is 80.8 Å². The molecule has 1 fully saturated rings. The summed E-state index contributed by atoms with van der Waals surface area (Å²) in [5.41, 5.74) is 1.10. The molecular formula is C15H23NO5S2. The lowest BCUT2D eigenvalue weighted by molar-refractivity contribution is 0.323. The summed E-state index contributed by atoms with van der Waals surface area (Å²) in [4.78, 5) is 0. The van der Waals surface area contributed by atoms with Crippen LogP contribution in [0.5, 0.6) is 5.75 Å². The third-order valence-electron chi connectivity index (χ3n) is 3.92. The van der Waals surface area contributed by atoms with Crippen LogP contribution in [-0.2, 0) is 19.9 Å². The van der Waals surface area contributed by atoms with Gasteiger partial charge in [-0.2, -0.15) is 4.31 Å². The average molecular weight is 361 g/mol. The molecule has 0 radical (unpaired) electrons. The fourth-order valence-corrected chi connectivity index (χ4v) is 6.08. The highest BCUT2D eigenvalue weighted by Crippen LogP contribution is 2.21. The van der Waals surface area contributed by atoms with Crippen molar-refractivity contribution in [1.29, 1.82) is 0 Å². The van der Waals surface area contributed by atoms with Gasteiger partial charge in [0.05, 0.1) is 17.3 Å². The van der Waals surface area contributed by atoms with Gasteiger partial charge < -0.3 is 4.74 Å². The summed E-state index contributed by atoms with van der Waals surface area (Å²) in [6.07, 6.45) is 0.369. The van der Waals surface area contributed by atoms with Gasteiger partial charge in [-0.1, -0.05) is 24.6 Å². The molecule has 1 aliphatic heterocycles. The molecule has 0 amide bonds. The van der Waals surface area contributed by atoms with Crippen LogP contribution in [0.15, 0.2) is 24.3 Å². The summed E-state index contributed by atoms with van der Waals surface area (Å²) in [6.45, 7) is 4.00. The molecule has 0 N–H and O–H groups in total. The quantitative estimate of drug-likeness (QED) is 0.729. The molecule has 1 saturated heterocycles. The van der Waals surface area contributed by atoms with Crippen molar-refractivity contribution >= 4 is 19.9 Å². The van der Waals surface area contributed by atoms with E-state index < -0.39 is 25.9 Å².